The summed E-state index contributed by atoms with van der Waals surface area (Å²) in [5.41, 5.74) is 2.72. The molecule has 2 aliphatic rings. The molecule has 3 rings (SSSR count). The molecule has 1 saturated heterocycles. The maximum absolute atomic E-state index is 5.97. The first-order chi connectivity index (χ1) is 10.8. The fraction of sp³-hybridized carbons (Fsp3) is 0.778. The van der Waals surface area contributed by atoms with Crippen LogP contribution in [-0.4, -0.2) is 35.8 Å². The molecule has 0 spiro atoms. The first-order valence-corrected chi connectivity index (χ1v) is 9.01. The average Bonchev–Trinajstić information content (AvgIpc) is 2.77. The van der Waals surface area contributed by atoms with Crippen molar-refractivity contribution in [3.63, 3.8) is 0 Å². The lowest BCUT2D eigenvalue weighted by molar-refractivity contribution is 0.0461. The maximum Gasteiger partial charge on any atom is 0.135 e. The number of aromatic nitrogens is 2. The highest BCUT2D eigenvalue weighted by Gasteiger charge is 2.23. The van der Waals surface area contributed by atoms with Crippen LogP contribution in [0.3, 0.4) is 0 Å². The molecule has 122 valence electrons. The number of nitrogens with zero attached hydrogens (tertiary/aromatic N) is 3. The summed E-state index contributed by atoms with van der Waals surface area (Å²) in [7, 11) is 0. The molecule has 4 nitrogen and oxygen atoms in total. The molecule has 0 N–H and O–H groups in total. The summed E-state index contributed by atoms with van der Waals surface area (Å²) in [5.74, 6) is 2.15. The molecule has 2 heterocycles. The zero-order chi connectivity index (χ0) is 15.4. The third kappa shape index (κ3) is 3.60. The van der Waals surface area contributed by atoms with Gasteiger partial charge >= 0.3 is 0 Å². The van der Waals surface area contributed by atoms with E-state index in [0.29, 0.717) is 6.10 Å². The number of aryl methyl sites for hydroxylation is 2. The number of ether oxygens (including phenoxy) is 1. The number of anilines is 1. The number of hydrogen-bond donors (Lipinski definition) is 0. The molecular formula is C18H29N3O. The van der Waals surface area contributed by atoms with Gasteiger partial charge in [-0.05, 0) is 58.3 Å². The molecule has 0 saturated carbocycles. The molecule has 0 amide bonds. The van der Waals surface area contributed by atoms with E-state index >= 15 is 0 Å². The summed E-state index contributed by atoms with van der Waals surface area (Å²) in [6, 6.07) is 0. The van der Waals surface area contributed by atoms with Gasteiger partial charge in [-0.1, -0.05) is 6.92 Å². The molecule has 0 aromatic carbocycles. The van der Waals surface area contributed by atoms with Gasteiger partial charge in [-0.2, -0.15) is 0 Å². The second-order valence-electron chi connectivity index (χ2n) is 6.64. The number of fused-ring (bicyclic) bond motifs is 1. The molecule has 1 atom stereocenters. The summed E-state index contributed by atoms with van der Waals surface area (Å²) >= 11 is 0. The largest absolute Gasteiger partial charge is 0.378 e. The van der Waals surface area contributed by atoms with Gasteiger partial charge in [0.05, 0.1) is 6.10 Å². The van der Waals surface area contributed by atoms with Gasteiger partial charge in [-0.15, -0.1) is 0 Å². The van der Waals surface area contributed by atoms with Crippen LogP contribution >= 0.6 is 0 Å². The van der Waals surface area contributed by atoms with E-state index in [4.69, 9.17) is 9.72 Å². The van der Waals surface area contributed by atoms with Crippen molar-refractivity contribution in [2.75, 3.05) is 24.6 Å². The number of rotatable bonds is 4. The predicted octanol–water partition coefficient (Wildman–Crippen LogP) is 3.45. The van der Waals surface area contributed by atoms with Crippen LogP contribution in [0.2, 0.25) is 0 Å². The van der Waals surface area contributed by atoms with Gasteiger partial charge in [0, 0.05) is 31.0 Å². The first-order valence-electron chi connectivity index (χ1n) is 9.01. The molecule has 1 aromatic rings. The van der Waals surface area contributed by atoms with E-state index in [2.05, 4.69) is 16.8 Å². The highest BCUT2D eigenvalue weighted by molar-refractivity contribution is 5.50. The minimum Gasteiger partial charge on any atom is -0.378 e. The van der Waals surface area contributed by atoms with Crippen LogP contribution in [0, 0.1) is 6.92 Å². The van der Waals surface area contributed by atoms with Crippen LogP contribution in [-0.2, 0) is 17.6 Å². The van der Waals surface area contributed by atoms with E-state index in [0.717, 1.165) is 51.2 Å². The van der Waals surface area contributed by atoms with Gasteiger partial charge in [0.1, 0.15) is 11.6 Å². The lowest BCUT2D eigenvalue weighted by atomic mass is 9.96. The van der Waals surface area contributed by atoms with Crippen molar-refractivity contribution in [1.29, 1.82) is 0 Å². The molecule has 0 radical (unpaired) electrons. The fourth-order valence-electron chi connectivity index (χ4n) is 3.69. The second-order valence-corrected chi connectivity index (χ2v) is 6.64. The molecule has 1 aromatic heterocycles. The van der Waals surface area contributed by atoms with Crippen molar-refractivity contribution in [3.05, 3.63) is 17.1 Å². The molecule has 0 bridgehead atoms. The highest BCUT2D eigenvalue weighted by atomic mass is 16.5. The van der Waals surface area contributed by atoms with Crippen LogP contribution in [0.25, 0.3) is 0 Å². The summed E-state index contributed by atoms with van der Waals surface area (Å²) in [6.45, 7) is 7.28. The predicted molar refractivity (Wildman–Crippen MR) is 89.5 cm³/mol. The third-order valence-electron chi connectivity index (χ3n) is 4.81. The van der Waals surface area contributed by atoms with E-state index in [1.807, 2.05) is 6.92 Å². The molecule has 1 fully saturated rings. The van der Waals surface area contributed by atoms with E-state index in [-0.39, 0.29) is 0 Å². The SMILES string of the molecule is CCCOC1CCCN(c2nc(C)nc3c2CCCC3)CC1. The molecule has 1 unspecified atom stereocenters. The number of hydrogen-bond acceptors (Lipinski definition) is 4. The average molecular weight is 303 g/mol. The normalized spacial score (nSPS) is 22.3. The molecule has 22 heavy (non-hydrogen) atoms. The zero-order valence-electron chi connectivity index (χ0n) is 14.1. The standard InChI is InChI=1S/C18H29N3O/c1-3-13-22-15-7-6-11-21(12-10-15)18-16-8-4-5-9-17(16)19-14(2)20-18/h15H,3-13H2,1-2H3. The molecular weight excluding hydrogens is 274 g/mol. The molecule has 1 aliphatic carbocycles. The van der Waals surface area contributed by atoms with E-state index < -0.39 is 0 Å². The van der Waals surface area contributed by atoms with Crippen LogP contribution in [0.15, 0.2) is 0 Å². The monoisotopic (exact) mass is 303 g/mol. The highest BCUT2D eigenvalue weighted by Crippen LogP contribution is 2.29. The van der Waals surface area contributed by atoms with Crippen molar-refractivity contribution in [2.24, 2.45) is 0 Å². The van der Waals surface area contributed by atoms with Gasteiger partial charge in [-0.25, -0.2) is 9.97 Å². The fourth-order valence-corrected chi connectivity index (χ4v) is 3.69. The van der Waals surface area contributed by atoms with Gasteiger partial charge in [0.15, 0.2) is 0 Å². The maximum atomic E-state index is 5.97. The van der Waals surface area contributed by atoms with Crippen LogP contribution in [0.5, 0.6) is 0 Å². The lowest BCUT2D eigenvalue weighted by Crippen LogP contribution is -2.29. The van der Waals surface area contributed by atoms with Gasteiger partial charge in [0.2, 0.25) is 0 Å². The Labute approximate surface area is 134 Å². The van der Waals surface area contributed by atoms with Crippen LogP contribution < -0.4 is 4.90 Å². The second kappa shape index (κ2) is 7.40. The Hall–Kier alpha value is -1.16. The molecule has 4 heteroatoms. The summed E-state index contributed by atoms with van der Waals surface area (Å²) in [4.78, 5) is 12.0. The van der Waals surface area contributed by atoms with Crippen molar-refractivity contribution < 1.29 is 4.74 Å². The van der Waals surface area contributed by atoms with Crippen LogP contribution in [0.4, 0.5) is 5.82 Å². The Morgan fingerprint density at radius 1 is 1.09 bits per heavy atom. The van der Waals surface area contributed by atoms with E-state index in [1.165, 1.54) is 42.8 Å². The summed E-state index contributed by atoms with van der Waals surface area (Å²) in [5, 5.41) is 0. The molecule has 1 aliphatic heterocycles. The van der Waals surface area contributed by atoms with Crippen molar-refractivity contribution in [3.8, 4) is 0 Å². The van der Waals surface area contributed by atoms with Gasteiger partial charge in [0.25, 0.3) is 0 Å². The van der Waals surface area contributed by atoms with Gasteiger partial charge < -0.3 is 9.64 Å². The Morgan fingerprint density at radius 3 is 2.82 bits per heavy atom. The Bertz CT molecular complexity index is 503. The zero-order valence-corrected chi connectivity index (χ0v) is 14.1. The van der Waals surface area contributed by atoms with Crippen molar-refractivity contribution in [2.45, 2.75) is 71.3 Å². The summed E-state index contributed by atoms with van der Waals surface area (Å²) < 4.78 is 5.97. The third-order valence-corrected chi connectivity index (χ3v) is 4.81. The Balaban J connectivity index is 1.75. The van der Waals surface area contributed by atoms with Crippen molar-refractivity contribution >= 4 is 5.82 Å². The minimum atomic E-state index is 0.434. The Kier molecular flexibility index (Phi) is 5.29. The van der Waals surface area contributed by atoms with E-state index in [9.17, 15) is 0 Å². The lowest BCUT2D eigenvalue weighted by Gasteiger charge is -2.27. The van der Waals surface area contributed by atoms with Crippen molar-refractivity contribution in [1.82, 2.24) is 9.97 Å². The van der Waals surface area contributed by atoms with Crippen LogP contribution in [0.1, 0.15) is 62.5 Å². The summed E-state index contributed by atoms with van der Waals surface area (Å²) in [6.07, 6.45) is 9.88. The van der Waals surface area contributed by atoms with E-state index in [1.54, 1.807) is 0 Å². The quantitative estimate of drug-likeness (QED) is 0.854. The topological polar surface area (TPSA) is 38.2 Å². The Morgan fingerprint density at radius 2 is 1.95 bits per heavy atom. The minimum absolute atomic E-state index is 0.434. The smallest absolute Gasteiger partial charge is 0.135 e. The van der Waals surface area contributed by atoms with Gasteiger partial charge in [-0.3, -0.25) is 0 Å². The first kappa shape index (κ1) is 15.7.